The molecule has 0 radical (unpaired) electrons. The normalized spacial score (nSPS) is 25.4. The first-order chi connectivity index (χ1) is 10.0. The van der Waals surface area contributed by atoms with E-state index in [-0.39, 0.29) is 23.9 Å². The van der Waals surface area contributed by atoms with Gasteiger partial charge in [0.2, 0.25) is 11.6 Å². The summed E-state index contributed by atoms with van der Waals surface area (Å²) in [5, 5.41) is 24.0. The van der Waals surface area contributed by atoms with E-state index in [1.807, 2.05) is 0 Å². The van der Waals surface area contributed by atoms with Crippen molar-refractivity contribution in [2.75, 3.05) is 17.3 Å². The largest absolute Gasteiger partial charge is 0.394 e. The van der Waals surface area contributed by atoms with Crippen molar-refractivity contribution in [1.82, 2.24) is 9.97 Å². The summed E-state index contributed by atoms with van der Waals surface area (Å²) in [7, 11) is 0. The molecule has 0 aliphatic heterocycles. The van der Waals surface area contributed by atoms with Crippen LogP contribution in [0.25, 0.3) is 0 Å². The third kappa shape index (κ3) is 3.19. The van der Waals surface area contributed by atoms with Gasteiger partial charge in [-0.25, -0.2) is 15.8 Å². The molecule has 5 N–H and O–H groups in total. The zero-order valence-electron chi connectivity index (χ0n) is 11.9. The fourth-order valence-electron chi connectivity index (χ4n) is 2.64. The molecule has 1 fully saturated rings. The Labute approximate surface area is 122 Å². The Hall–Kier alpha value is -2.00. The smallest absolute Gasteiger partial charge is 0.354 e. The highest BCUT2D eigenvalue weighted by Crippen LogP contribution is 2.37. The van der Waals surface area contributed by atoms with Crippen molar-refractivity contribution in [1.29, 1.82) is 0 Å². The number of anilines is 2. The van der Waals surface area contributed by atoms with Crippen molar-refractivity contribution in [2.45, 2.75) is 38.1 Å². The number of hydrazine groups is 1. The van der Waals surface area contributed by atoms with Gasteiger partial charge in [0.15, 0.2) is 0 Å². The Kier molecular flexibility index (Phi) is 4.53. The predicted octanol–water partition coefficient (Wildman–Crippen LogP) is 1.02. The first kappa shape index (κ1) is 15.4. The third-order valence-electron chi connectivity index (χ3n) is 4.06. The first-order valence-corrected chi connectivity index (χ1v) is 6.86. The number of aromatic nitrogens is 2. The number of hydrogen-bond acceptors (Lipinski definition) is 8. The van der Waals surface area contributed by atoms with Crippen molar-refractivity contribution < 1.29 is 10.0 Å². The standard InChI is InChI=1S/C12H20N6O3/c1-8-2-4-12(6-19,5-3-8)16-10-9(18(20)21)11(17-13)15-7-14-10/h7-8,19H,2-6,13H2,1H3,(H2,14,15,16,17). The lowest BCUT2D eigenvalue weighted by Crippen LogP contribution is -2.45. The van der Waals surface area contributed by atoms with Crippen LogP contribution in [0.4, 0.5) is 17.3 Å². The number of nitrogens with one attached hydrogen (secondary N) is 2. The van der Waals surface area contributed by atoms with Crippen LogP contribution in [0.2, 0.25) is 0 Å². The maximum absolute atomic E-state index is 11.2. The van der Waals surface area contributed by atoms with E-state index in [2.05, 4.69) is 27.6 Å². The zero-order valence-corrected chi connectivity index (χ0v) is 11.9. The molecular formula is C12H20N6O3. The third-order valence-corrected chi connectivity index (χ3v) is 4.06. The van der Waals surface area contributed by atoms with Gasteiger partial charge in [-0.2, -0.15) is 0 Å². The van der Waals surface area contributed by atoms with Crippen LogP contribution in [0.3, 0.4) is 0 Å². The number of nitrogens with two attached hydrogens (primary N) is 1. The van der Waals surface area contributed by atoms with Gasteiger partial charge in [-0.15, -0.1) is 0 Å². The quantitative estimate of drug-likeness (QED) is 0.359. The van der Waals surface area contributed by atoms with E-state index in [1.165, 1.54) is 6.33 Å². The average molecular weight is 296 g/mol. The second-order valence-electron chi connectivity index (χ2n) is 5.57. The summed E-state index contributed by atoms with van der Waals surface area (Å²) in [6.45, 7) is 2.05. The minimum absolute atomic E-state index is 0.0604. The molecule has 1 saturated carbocycles. The minimum Gasteiger partial charge on any atom is -0.394 e. The van der Waals surface area contributed by atoms with Crippen LogP contribution >= 0.6 is 0 Å². The van der Waals surface area contributed by atoms with Gasteiger partial charge >= 0.3 is 5.69 Å². The number of nitrogens with zero attached hydrogens (tertiary/aromatic N) is 3. The monoisotopic (exact) mass is 296 g/mol. The first-order valence-electron chi connectivity index (χ1n) is 6.86. The highest BCUT2D eigenvalue weighted by molar-refractivity contribution is 5.69. The van der Waals surface area contributed by atoms with Crippen molar-refractivity contribution in [3.63, 3.8) is 0 Å². The van der Waals surface area contributed by atoms with Gasteiger partial charge in [-0.1, -0.05) is 6.92 Å². The molecule has 21 heavy (non-hydrogen) atoms. The molecule has 0 aromatic carbocycles. The summed E-state index contributed by atoms with van der Waals surface area (Å²) in [6, 6.07) is 0. The summed E-state index contributed by atoms with van der Waals surface area (Å²) in [6.07, 6.45) is 4.57. The maximum atomic E-state index is 11.2. The van der Waals surface area contributed by atoms with E-state index in [1.54, 1.807) is 0 Å². The molecule has 0 saturated heterocycles. The fraction of sp³-hybridized carbons (Fsp3) is 0.667. The molecule has 1 heterocycles. The van der Waals surface area contributed by atoms with Crippen LogP contribution in [0.15, 0.2) is 6.33 Å². The Morgan fingerprint density at radius 2 is 2.10 bits per heavy atom. The number of aliphatic hydroxyl groups is 1. The van der Waals surface area contributed by atoms with Crippen LogP contribution in [0.5, 0.6) is 0 Å². The SMILES string of the molecule is CC1CCC(CO)(Nc2ncnc(NN)c2[N+](=O)[O-])CC1. The topological polar surface area (TPSA) is 139 Å². The van der Waals surface area contributed by atoms with Crippen molar-refractivity contribution >= 4 is 17.3 Å². The highest BCUT2D eigenvalue weighted by atomic mass is 16.6. The average Bonchev–Trinajstić information content (AvgIpc) is 2.49. The molecule has 2 rings (SSSR count). The lowest BCUT2D eigenvalue weighted by Gasteiger charge is -2.38. The predicted molar refractivity (Wildman–Crippen MR) is 77.6 cm³/mol. The van der Waals surface area contributed by atoms with Crippen LogP contribution in [-0.4, -0.2) is 32.1 Å². The van der Waals surface area contributed by atoms with Crippen LogP contribution < -0.4 is 16.6 Å². The molecular weight excluding hydrogens is 276 g/mol. The second kappa shape index (κ2) is 6.19. The summed E-state index contributed by atoms with van der Waals surface area (Å²) in [5.74, 6) is 5.86. The number of rotatable bonds is 5. The molecule has 116 valence electrons. The van der Waals surface area contributed by atoms with Gasteiger partial charge in [-0.05, 0) is 31.6 Å². The lowest BCUT2D eigenvalue weighted by molar-refractivity contribution is -0.383. The molecule has 9 nitrogen and oxygen atoms in total. The Morgan fingerprint density at radius 1 is 1.48 bits per heavy atom. The fourth-order valence-corrected chi connectivity index (χ4v) is 2.64. The lowest BCUT2D eigenvalue weighted by atomic mass is 9.77. The van der Waals surface area contributed by atoms with Crippen LogP contribution in [0.1, 0.15) is 32.6 Å². The number of hydrogen-bond donors (Lipinski definition) is 4. The molecule has 1 aliphatic rings. The Morgan fingerprint density at radius 3 is 2.62 bits per heavy atom. The van der Waals surface area contributed by atoms with Gasteiger partial charge in [0.25, 0.3) is 0 Å². The number of nitro groups is 1. The number of aliphatic hydroxyl groups excluding tert-OH is 1. The zero-order chi connectivity index (χ0) is 15.5. The molecule has 0 bridgehead atoms. The van der Waals surface area contributed by atoms with Crippen molar-refractivity contribution in [3.05, 3.63) is 16.4 Å². The van der Waals surface area contributed by atoms with Gasteiger partial charge < -0.3 is 15.8 Å². The summed E-state index contributed by atoms with van der Waals surface area (Å²) in [5.41, 5.74) is 1.30. The van der Waals surface area contributed by atoms with Gasteiger partial charge in [0.05, 0.1) is 17.1 Å². The molecule has 0 amide bonds. The van der Waals surface area contributed by atoms with Crippen LogP contribution in [0, 0.1) is 16.0 Å². The molecule has 1 aromatic heterocycles. The van der Waals surface area contributed by atoms with Crippen LogP contribution in [-0.2, 0) is 0 Å². The van der Waals surface area contributed by atoms with E-state index >= 15 is 0 Å². The van der Waals surface area contributed by atoms with Crippen molar-refractivity contribution in [2.24, 2.45) is 11.8 Å². The molecule has 0 unspecified atom stereocenters. The molecule has 0 spiro atoms. The number of nitrogen functional groups attached to an aromatic ring is 1. The molecule has 1 aliphatic carbocycles. The van der Waals surface area contributed by atoms with Gasteiger partial charge in [0, 0.05) is 0 Å². The Bertz CT molecular complexity index is 516. The Balaban J connectivity index is 2.31. The summed E-state index contributed by atoms with van der Waals surface area (Å²) >= 11 is 0. The van der Waals surface area contributed by atoms with E-state index in [0.29, 0.717) is 5.92 Å². The molecule has 9 heteroatoms. The van der Waals surface area contributed by atoms with E-state index in [4.69, 9.17) is 5.84 Å². The van der Waals surface area contributed by atoms with E-state index in [9.17, 15) is 15.2 Å². The summed E-state index contributed by atoms with van der Waals surface area (Å²) in [4.78, 5) is 18.3. The van der Waals surface area contributed by atoms with Crippen molar-refractivity contribution in [3.8, 4) is 0 Å². The minimum atomic E-state index is -0.589. The van der Waals surface area contributed by atoms with Gasteiger partial charge in [-0.3, -0.25) is 10.1 Å². The highest BCUT2D eigenvalue weighted by Gasteiger charge is 2.36. The molecule has 0 atom stereocenters. The van der Waals surface area contributed by atoms with E-state index < -0.39 is 10.5 Å². The summed E-state index contributed by atoms with van der Waals surface area (Å²) < 4.78 is 0. The van der Waals surface area contributed by atoms with Gasteiger partial charge in [0.1, 0.15) is 6.33 Å². The second-order valence-corrected chi connectivity index (χ2v) is 5.57. The molecule has 1 aromatic rings. The van der Waals surface area contributed by atoms with E-state index in [0.717, 1.165) is 25.7 Å². The maximum Gasteiger partial charge on any atom is 0.354 e.